The Bertz CT molecular complexity index is 789. The van der Waals surface area contributed by atoms with E-state index in [0.717, 1.165) is 18.4 Å². The van der Waals surface area contributed by atoms with Crippen molar-refractivity contribution in [3.8, 4) is 0 Å². The Morgan fingerprint density at radius 2 is 1.65 bits per heavy atom. The van der Waals surface area contributed by atoms with Crippen LogP contribution in [0.15, 0.2) is 60.7 Å². The first-order valence-corrected chi connectivity index (χ1v) is 11.8. The maximum absolute atomic E-state index is 13.6. The van der Waals surface area contributed by atoms with Crippen LogP contribution in [0.3, 0.4) is 0 Å². The second-order valence-corrected chi connectivity index (χ2v) is 9.09. The van der Waals surface area contributed by atoms with Gasteiger partial charge in [0.05, 0.1) is 31.8 Å². The maximum atomic E-state index is 13.6. The Hall–Kier alpha value is -2.17. The minimum Gasteiger partial charge on any atom is -0.376 e. The highest BCUT2D eigenvalue weighted by molar-refractivity contribution is 5.79. The van der Waals surface area contributed by atoms with Gasteiger partial charge in [0.25, 0.3) is 0 Å². The average Bonchev–Trinajstić information content (AvgIpc) is 3.28. The molecule has 0 radical (unpaired) electrons. The van der Waals surface area contributed by atoms with Crippen molar-refractivity contribution in [2.45, 2.75) is 57.6 Å². The Morgan fingerprint density at radius 1 is 0.968 bits per heavy atom. The van der Waals surface area contributed by atoms with Gasteiger partial charge in [-0.15, -0.1) is 0 Å². The predicted octanol–water partition coefficient (Wildman–Crippen LogP) is 5.22. The standard InChI is InChI=1S/C27H35NO3/c29-27(28-21-31-20-26(28)17-23-12-6-2-7-13-23)25(16-22-10-4-1-5-11-22)19-30-18-24-14-8-3-9-15-24/h2-3,6-9,12-15,22,25-26H,1,4-5,10-11,16-21H2/t25-,26+/m0/s1. The molecule has 2 aliphatic rings. The second-order valence-electron chi connectivity index (χ2n) is 9.09. The number of ether oxygens (including phenoxy) is 2. The number of carbonyl (C=O) groups is 1. The van der Waals surface area contributed by atoms with E-state index in [2.05, 4.69) is 36.4 Å². The normalized spacial score (nSPS) is 20.6. The number of rotatable bonds is 9. The van der Waals surface area contributed by atoms with E-state index in [-0.39, 0.29) is 17.9 Å². The molecule has 1 saturated carbocycles. The number of benzene rings is 2. The third kappa shape index (κ3) is 6.41. The summed E-state index contributed by atoms with van der Waals surface area (Å²) in [6.07, 6.45) is 8.17. The Labute approximate surface area is 186 Å². The van der Waals surface area contributed by atoms with Gasteiger partial charge in [-0.3, -0.25) is 4.79 Å². The summed E-state index contributed by atoms with van der Waals surface area (Å²) >= 11 is 0. The average molecular weight is 422 g/mol. The molecule has 1 saturated heterocycles. The number of nitrogens with zero attached hydrogens (tertiary/aromatic N) is 1. The first-order chi connectivity index (χ1) is 15.3. The van der Waals surface area contributed by atoms with E-state index < -0.39 is 0 Å². The summed E-state index contributed by atoms with van der Waals surface area (Å²) in [5.41, 5.74) is 2.40. The molecule has 0 unspecified atom stereocenters. The highest BCUT2D eigenvalue weighted by atomic mass is 16.5. The summed E-state index contributed by atoms with van der Waals surface area (Å²) in [6.45, 7) is 2.05. The fourth-order valence-electron chi connectivity index (χ4n) is 4.97. The van der Waals surface area contributed by atoms with Crippen LogP contribution in [-0.2, 0) is 27.3 Å². The molecule has 1 heterocycles. The molecular weight excluding hydrogens is 386 g/mol. The molecule has 0 aromatic heterocycles. The van der Waals surface area contributed by atoms with Crippen LogP contribution in [0.25, 0.3) is 0 Å². The fraction of sp³-hybridized carbons (Fsp3) is 0.519. The van der Waals surface area contributed by atoms with E-state index >= 15 is 0 Å². The molecule has 0 spiro atoms. The van der Waals surface area contributed by atoms with Crippen LogP contribution >= 0.6 is 0 Å². The molecular formula is C27H35NO3. The van der Waals surface area contributed by atoms with Crippen LogP contribution in [0.5, 0.6) is 0 Å². The number of carbonyl (C=O) groups excluding carboxylic acids is 1. The highest BCUT2D eigenvalue weighted by Gasteiger charge is 2.35. The summed E-state index contributed by atoms with van der Waals surface area (Å²) in [4.78, 5) is 15.6. The lowest BCUT2D eigenvalue weighted by Crippen LogP contribution is -2.43. The van der Waals surface area contributed by atoms with Crippen molar-refractivity contribution in [2.24, 2.45) is 11.8 Å². The van der Waals surface area contributed by atoms with Gasteiger partial charge in [-0.05, 0) is 29.9 Å². The molecule has 4 rings (SSSR count). The minimum atomic E-state index is -0.0909. The quantitative estimate of drug-likeness (QED) is 0.557. The predicted molar refractivity (Wildman–Crippen MR) is 122 cm³/mol. The highest BCUT2D eigenvalue weighted by Crippen LogP contribution is 2.31. The van der Waals surface area contributed by atoms with Gasteiger partial charge in [-0.2, -0.15) is 0 Å². The van der Waals surface area contributed by atoms with E-state index in [0.29, 0.717) is 32.5 Å². The molecule has 4 heteroatoms. The van der Waals surface area contributed by atoms with Gasteiger partial charge in [0.15, 0.2) is 0 Å². The van der Waals surface area contributed by atoms with Gasteiger partial charge >= 0.3 is 0 Å². The van der Waals surface area contributed by atoms with Crippen LogP contribution < -0.4 is 0 Å². The van der Waals surface area contributed by atoms with Crippen LogP contribution in [0, 0.1) is 11.8 Å². The molecule has 2 aromatic carbocycles. The summed E-state index contributed by atoms with van der Waals surface area (Å²) < 4.78 is 11.8. The summed E-state index contributed by atoms with van der Waals surface area (Å²) in [5.74, 6) is 0.753. The third-order valence-electron chi connectivity index (χ3n) is 6.70. The van der Waals surface area contributed by atoms with E-state index in [1.54, 1.807) is 0 Å². The van der Waals surface area contributed by atoms with Gasteiger partial charge in [-0.25, -0.2) is 0 Å². The zero-order chi connectivity index (χ0) is 21.3. The molecule has 4 nitrogen and oxygen atoms in total. The van der Waals surface area contributed by atoms with Crippen molar-refractivity contribution >= 4 is 5.91 Å². The molecule has 1 amide bonds. The third-order valence-corrected chi connectivity index (χ3v) is 6.70. The number of hydrogen-bond acceptors (Lipinski definition) is 3. The largest absolute Gasteiger partial charge is 0.376 e. The van der Waals surface area contributed by atoms with Crippen molar-refractivity contribution < 1.29 is 14.3 Å². The van der Waals surface area contributed by atoms with Gasteiger partial charge in [-0.1, -0.05) is 92.8 Å². The summed E-state index contributed by atoms with van der Waals surface area (Å²) in [6, 6.07) is 20.7. The molecule has 0 N–H and O–H groups in total. The molecule has 1 aliphatic heterocycles. The first kappa shape index (κ1) is 22.0. The molecule has 0 bridgehead atoms. The Balaban J connectivity index is 1.40. The van der Waals surface area contributed by atoms with Gasteiger partial charge in [0, 0.05) is 0 Å². The van der Waals surface area contributed by atoms with Crippen LogP contribution in [0.2, 0.25) is 0 Å². The second kappa shape index (κ2) is 11.4. The summed E-state index contributed by atoms with van der Waals surface area (Å²) in [7, 11) is 0. The zero-order valence-electron chi connectivity index (χ0n) is 18.5. The topological polar surface area (TPSA) is 38.8 Å². The van der Waals surface area contributed by atoms with Crippen molar-refractivity contribution in [3.05, 3.63) is 71.8 Å². The van der Waals surface area contributed by atoms with Crippen molar-refractivity contribution in [3.63, 3.8) is 0 Å². The van der Waals surface area contributed by atoms with E-state index in [4.69, 9.17) is 9.47 Å². The van der Waals surface area contributed by atoms with Gasteiger partial charge < -0.3 is 14.4 Å². The van der Waals surface area contributed by atoms with Gasteiger partial charge in [0.1, 0.15) is 6.73 Å². The van der Waals surface area contributed by atoms with E-state index in [1.807, 2.05) is 29.2 Å². The molecule has 1 aliphatic carbocycles. The number of amides is 1. The summed E-state index contributed by atoms with van der Waals surface area (Å²) in [5, 5.41) is 0. The molecule has 166 valence electrons. The Kier molecular flexibility index (Phi) is 8.14. The molecule has 2 aromatic rings. The molecule has 2 fully saturated rings. The zero-order valence-corrected chi connectivity index (χ0v) is 18.5. The fourth-order valence-corrected chi connectivity index (χ4v) is 4.97. The lowest BCUT2D eigenvalue weighted by molar-refractivity contribution is -0.140. The maximum Gasteiger partial charge on any atom is 0.230 e. The monoisotopic (exact) mass is 421 g/mol. The first-order valence-electron chi connectivity index (χ1n) is 11.8. The van der Waals surface area contributed by atoms with Crippen molar-refractivity contribution in [2.75, 3.05) is 19.9 Å². The molecule has 31 heavy (non-hydrogen) atoms. The minimum absolute atomic E-state index is 0.0909. The SMILES string of the molecule is O=C([C@H](COCc1ccccc1)CC1CCCCC1)N1COC[C@H]1Cc1ccccc1. The van der Waals surface area contributed by atoms with Crippen LogP contribution in [0.4, 0.5) is 0 Å². The lowest BCUT2D eigenvalue weighted by atomic mass is 9.82. The molecule has 2 atom stereocenters. The van der Waals surface area contributed by atoms with Crippen LogP contribution in [-0.4, -0.2) is 36.8 Å². The van der Waals surface area contributed by atoms with Gasteiger partial charge in [0.2, 0.25) is 5.91 Å². The lowest BCUT2D eigenvalue weighted by Gasteiger charge is -2.30. The van der Waals surface area contributed by atoms with E-state index in [1.165, 1.54) is 37.7 Å². The number of hydrogen-bond donors (Lipinski definition) is 0. The Morgan fingerprint density at radius 3 is 2.35 bits per heavy atom. The van der Waals surface area contributed by atoms with Crippen molar-refractivity contribution in [1.82, 2.24) is 4.90 Å². The van der Waals surface area contributed by atoms with Crippen LogP contribution in [0.1, 0.15) is 49.7 Å². The van der Waals surface area contributed by atoms with E-state index in [9.17, 15) is 4.79 Å². The smallest absolute Gasteiger partial charge is 0.230 e. The van der Waals surface area contributed by atoms with Crippen molar-refractivity contribution in [1.29, 1.82) is 0 Å².